The van der Waals surface area contributed by atoms with Gasteiger partial charge in [-0.3, -0.25) is 14.9 Å². The molecule has 194 valence electrons. The standard InChI is InChI=1S/C28H33N5O4/c1-17(29-2)26(34)31-22-16-32-13-12-30-27(35)19-8-10-20-18(14-19)9-11-25(37-3)21(20)15-33(28(22)36)24-7-5-4-6-23(24)32/h4-11,14,17,22,27,29-30,35H,12-13,15-16H2,1-3H3,(H,31,34)/t17-,22-,27?/m0/s1. The van der Waals surface area contributed by atoms with Gasteiger partial charge in [0.1, 0.15) is 18.0 Å². The summed E-state index contributed by atoms with van der Waals surface area (Å²) in [6.07, 6.45) is -0.842. The summed E-state index contributed by atoms with van der Waals surface area (Å²) in [7, 11) is 3.33. The van der Waals surface area contributed by atoms with E-state index in [-0.39, 0.29) is 18.4 Å². The molecule has 3 heterocycles. The lowest BCUT2D eigenvalue weighted by Gasteiger charge is -2.28. The quantitative estimate of drug-likeness (QED) is 0.431. The first kappa shape index (κ1) is 25.0. The van der Waals surface area contributed by atoms with Gasteiger partial charge in [-0.2, -0.15) is 0 Å². The summed E-state index contributed by atoms with van der Waals surface area (Å²) in [5.74, 6) is 0.236. The molecule has 0 fully saturated rings. The van der Waals surface area contributed by atoms with Crippen LogP contribution in [0.1, 0.15) is 24.3 Å². The molecule has 4 N–H and O–H groups in total. The van der Waals surface area contributed by atoms with Crippen LogP contribution in [-0.4, -0.2) is 62.8 Å². The molecule has 0 saturated heterocycles. The predicted octanol–water partition coefficient (Wildman–Crippen LogP) is 1.89. The molecule has 0 aliphatic carbocycles. The molecule has 3 aliphatic rings. The van der Waals surface area contributed by atoms with E-state index in [0.29, 0.717) is 25.4 Å². The highest BCUT2D eigenvalue weighted by Crippen LogP contribution is 2.37. The number of para-hydroxylation sites is 2. The van der Waals surface area contributed by atoms with E-state index in [0.717, 1.165) is 33.3 Å². The average molecular weight is 504 g/mol. The number of likely N-dealkylation sites (N-methyl/N-ethyl adjacent to an activating group) is 1. The second-order valence-electron chi connectivity index (χ2n) is 9.51. The predicted molar refractivity (Wildman–Crippen MR) is 144 cm³/mol. The molecule has 3 aromatic carbocycles. The minimum Gasteiger partial charge on any atom is -0.496 e. The first-order chi connectivity index (χ1) is 17.9. The third kappa shape index (κ3) is 4.73. The zero-order valence-corrected chi connectivity index (χ0v) is 21.3. The number of nitrogens with zero attached hydrogens (tertiary/aromatic N) is 2. The number of carbonyl (C=O) groups is 2. The molecule has 6 bridgehead atoms. The van der Waals surface area contributed by atoms with Gasteiger partial charge < -0.3 is 30.3 Å². The van der Waals surface area contributed by atoms with Crippen molar-refractivity contribution in [1.29, 1.82) is 0 Å². The highest BCUT2D eigenvalue weighted by atomic mass is 16.5. The Bertz CT molecular complexity index is 1330. The molecule has 0 spiro atoms. The van der Waals surface area contributed by atoms with Crippen LogP contribution < -0.4 is 30.5 Å². The zero-order chi connectivity index (χ0) is 26.1. The maximum absolute atomic E-state index is 14.1. The van der Waals surface area contributed by atoms with Crippen molar-refractivity contribution < 1.29 is 19.4 Å². The Hall–Kier alpha value is -3.66. The number of aliphatic hydroxyl groups is 1. The summed E-state index contributed by atoms with van der Waals surface area (Å²) in [4.78, 5) is 30.9. The Kier molecular flexibility index (Phi) is 7.01. The second kappa shape index (κ2) is 10.4. The molecule has 9 heteroatoms. The van der Waals surface area contributed by atoms with Crippen LogP contribution in [-0.2, 0) is 16.1 Å². The number of amides is 2. The van der Waals surface area contributed by atoms with Gasteiger partial charge in [0.25, 0.3) is 5.91 Å². The summed E-state index contributed by atoms with van der Waals surface area (Å²) in [5, 5.41) is 21.8. The van der Waals surface area contributed by atoms with E-state index in [2.05, 4.69) is 20.9 Å². The SMILES string of the molecule is CN[C@@H](C)C(=O)N[C@H]1CN2CCNC(O)c3ccc4c(c(OC)ccc4c3)CN(C1=O)c1ccccc12. The number of ether oxygens (including phenoxy) is 1. The smallest absolute Gasteiger partial charge is 0.251 e. The van der Waals surface area contributed by atoms with Gasteiger partial charge in [-0.25, -0.2) is 0 Å². The number of rotatable bonds is 4. The highest BCUT2D eigenvalue weighted by Gasteiger charge is 2.36. The Morgan fingerprint density at radius 2 is 1.95 bits per heavy atom. The lowest BCUT2D eigenvalue weighted by Crippen LogP contribution is -2.55. The van der Waals surface area contributed by atoms with Crippen LogP contribution in [0.2, 0.25) is 0 Å². The van der Waals surface area contributed by atoms with Crippen LogP contribution in [0.5, 0.6) is 5.75 Å². The van der Waals surface area contributed by atoms with Crippen LogP contribution >= 0.6 is 0 Å². The van der Waals surface area contributed by atoms with Gasteiger partial charge >= 0.3 is 0 Å². The Morgan fingerprint density at radius 1 is 1.16 bits per heavy atom. The Balaban J connectivity index is 1.68. The molecule has 9 nitrogen and oxygen atoms in total. The van der Waals surface area contributed by atoms with Crippen LogP contribution in [0.4, 0.5) is 11.4 Å². The summed E-state index contributed by atoms with van der Waals surface area (Å²) in [5.41, 5.74) is 3.28. The molecule has 37 heavy (non-hydrogen) atoms. The molecule has 3 aliphatic heterocycles. The first-order valence-electron chi connectivity index (χ1n) is 12.5. The normalized spacial score (nSPS) is 20.5. The first-order valence-corrected chi connectivity index (χ1v) is 12.5. The molecule has 0 saturated carbocycles. The number of fused-ring (bicyclic) bond motifs is 4. The molecule has 0 radical (unpaired) electrons. The van der Waals surface area contributed by atoms with Gasteiger partial charge in [-0.1, -0.05) is 30.3 Å². The lowest BCUT2D eigenvalue weighted by atomic mass is 9.99. The largest absolute Gasteiger partial charge is 0.496 e. The third-order valence-corrected chi connectivity index (χ3v) is 7.31. The minimum absolute atomic E-state index is 0.190. The van der Waals surface area contributed by atoms with Crippen molar-refractivity contribution in [2.75, 3.05) is 43.6 Å². The van der Waals surface area contributed by atoms with Gasteiger partial charge in [0.2, 0.25) is 5.91 Å². The highest BCUT2D eigenvalue weighted by molar-refractivity contribution is 6.04. The Morgan fingerprint density at radius 3 is 2.70 bits per heavy atom. The number of methoxy groups -OCH3 is 1. The van der Waals surface area contributed by atoms with Crippen molar-refractivity contribution in [3.63, 3.8) is 0 Å². The van der Waals surface area contributed by atoms with Crippen molar-refractivity contribution in [1.82, 2.24) is 16.0 Å². The van der Waals surface area contributed by atoms with E-state index >= 15 is 0 Å². The molecule has 2 amide bonds. The summed E-state index contributed by atoms with van der Waals surface area (Å²) in [6.45, 7) is 3.33. The number of anilines is 2. The monoisotopic (exact) mass is 503 g/mol. The van der Waals surface area contributed by atoms with E-state index in [9.17, 15) is 14.7 Å². The van der Waals surface area contributed by atoms with Crippen molar-refractivity contribution in [2.24, 2.45) is 0 Å². The lowest BCUT2D eigenvalue weighted by molar-refractivity contribution is -0.128. The Labute approximate surface area is 216 Å². The number of aliphatic hydroxyl groups excluding tert-OH is 1. The third-order valence-electron chi connectivity index (χ3n) is 7.31. The fourth-order valence-corrected chi connectivity index (χ4v) is 5.10. The van der Waals surface area contributed by atoms with Crippen LogP contribution in [0.3, 0.4) is 0 Å². The maximum atomic E-state index is 14.1. The molecule has 0 aromatic heterocycles. The van der Waals surface area contributed by atoms with Crippen LogP contribution in [0, 0.1) is 0 Å². The van der Waals surface area contributed by atoms with Gasteiger partial charge in [0.15, 0.2) is 0 Å². The summed E-state index contributed by atoms with van der Waals surface area (Å²) in [6, 6.07) is 16.2. The summed E-state index contributed by atoms with van der Waals surface area (Å²) < 4.78 is 5.73. The van der Waals surface area contributed by atoms with Crippen molar-refractivity contribution >= 4 is 34.0 Å². The molecular formula is C28H33N5O4. The fraction of sp³-hybridized carbons (Fsp3) is 0.357. The van der Waals surface area contributed by atoms with Gasteiger partial charge in [0.05, 0.1) is 31.1 Å². The number of nitrogens with one attached hydrogen (secondary N) is 3. The van der Waals surface area contributed by atoms with Gasteiger partial charge in [-0.15, -0.1) is 0 Å². The number of carbonyl (C=O) groups excluding carboxylic acids is 2. The van der Waals surface area contributed by atoms with Crippen molar-refractivity contribution in [3.05, 3.63) is 65.7 Å². The van der Waals surface area contributed by atoms with Crippen LogP contribution in [0.25, 0.3) is 10.8 Å². The van der Waals surface area contributed by atoms with Crippen molar-refractivity contribution in [2.45, 2.75) is 31.8 Å². The fourth-order valence-electron chi connectivity index (χ4n) is 5.10. The van der Waals surface area contributed by atoms with E-state index in [1.807, 2.05) is 54.6 Å². The van der Waals surface area contributed by atoms with Crippen LogP contribution in [0.15, 0.2) is 54.6 Å². The second-order valence-corrected chi connectivity index (χ2v) is 9.51. The minimum atomic E-state index is -0.842. The van der Waals surface area contributed by atoms with Gasteiger partial charge in [0, 0.05) is 25.2 Å². The zero-order valence-electron chi connectivity index (χ0n) is 21.3. The number of benzene rings is 3. The molecule has 3 atom stereocenters. The molecule has 3 aromatic rings. The van der Waals surface area contributed by atoms with E-state index in [1.165, 1.54) is 0 Å². The summed E-state index contributed by atoms with van der Waals surface area (Å²) >= 11 is 0. The maximum Gasteiger partial charge on any atom is 0.251 e. The van der Waals surface area contributed by atoms with Crippen molar-refractivity contribution in [3.8, 4) is 5.75 Å². The number of hydrogen-bond acceptors (Lipinski definition) is 7. The topological polar surface area (TPSA) is 106 Å². The van der Waals surface area contributed by atoms with E-state index in [4.69, 9.17) is 4.74 Å². The van der Waals surface area contributed by atoms with E-state index in [1.54, 1.807) is 26.0 Å². The number of hydrogen-bond donors (Lipinski definition) is 4. The van der Waals surface area contributed by atoms with E-state index < -0.39 is 18.3 Å². The average Bonchev–Trinajstić information content (AvgIpc) is 3.02. The molecule has 1 unspecified atom stereocenters. The molecular weight excluding hydrogens is 470 g/mol. The van der Waals surface area contributed by atoms with Gasteiger partial charge in [-0.05, 0) is 54.6 Å². The molecule has 6 rings (SSSR count).